The molecule has 0 spiro atoms. The maximum Gasteiger partial charge on any atom is 0.343 e. The van der Waals surface area contributed by atoms with Crippen LogP contribution in [0.25, 0.3) is 6.08 Å². The van der Waals surface area contributed by atoms with E-state index in [4.69, 9.17) is 30.9 Å². The Morgan fingerprint density at radius 3 is 2.28 bits per heavy atom. The standard InChI is InChI=1S/C31H33N3O5/c32-19-4-2-1-3-5-20-37-27-15-10-25(11-16-27)31(36)39-28-13-6-23(7-14-28)8-17-30(35)38-21-18-24-9-12-26(33)22-29(24)34/h6-17,22H,1-5,18,20-21,33-34H2/b17-8+. The van der Waals surface area contributed by atoms with Crippen molar-refractivity contribution in [2.75, 3.05) is 24.7 Å². The summed E-state index contributed by atoms with van der Waals surface area (Å²) in [4.78, 5) is 24.5. The van der Waals surface area contributed by atoms with Crippen LogP contribution >= 0.6 is 0 Å². The second kappa shape index (κ2) is 15.5. The van der Waals surface area contributed by atoms with Crippen molar-refractivity contribution in [1.29, 1.82) is 5.26 Å². The Hall–Kier alpha value is -4.77. The van der Waals surface area contributed by atoms with Crippen LogP contribution in [0.2, 0.25) is 0 Å². The maximum atomic E-state index is 12.5. The molecule has 0 aromatic heterocycles. The summed E-state index contributed by atoms with van der Waals surface area (Å²) in [6.07, 6.45) is 7.93. The second-order valence-electron chi connectivity index (χ2n) is 8.86. The number of unbranched alkanes of at least 4 members (excludes halogenated alkanes) is 4. The monoisotopic (exact) mass is 527 g/mol. The van der Waals surface area contributed by atoms with E-state index in [0.717, 1.165) is 36.8 Å². The van der Waals surface area contributed by atoms with Gasteiger partial charge in [0.25, 0.3) is 0 Å². The first kappa shape index (κ1) is 28.8. The lowest BCUT2D eigenvalue weighted by atomic mass is 10.1. The van der Waals surface area contributed by atoms with Gasteiger partial charge in [0.1, 0.15) is 11.5 Å². The Morgan fingerprint density at radius 1 is 0.846 bits per heavy atom. The highest BCUT2D eigenvalue weighted by molar-refractivity contribution is 5.91. The van der Waals surface area contributed by atoms with Crippen molar-refractivity contribution in [3.63, 3.8) is 0 Å². The minimum Gasteiger partial charge on any atom is -0.494 e. The fraction of sp³-hybridized carbons (Fsp3) is 0.258. The molecule has 0 aliphatic carbocycles. The van der Waals surface area contributed by atoms with Crippen LogP contribution in [0.3, 0.4) is 0 Å². The highest BCUT2D eigenvalue weighted by Gasteiger charge is 2.09. The molecule has 0 unspecified atom stereocenters. The number of hydrogen-bond acceptors (Lipinski definition) is 8. The van der Waals surface area contributed by atoms with Crippen LogP contribution in [0.15, 0.2) is 72.8 Å². The Labute approximate surface area is 228 Å². The first-order chi connectivity index (χ1) is 18.9. The maximum absolute atomic E-state index is 12.5. The lowest BCUT2D eigenvalue weighted by Gasteiger charge is -2.08. The predicted molar refractivity (Wildman–Crippen MR) is 151 cm³/mol. The van der Waals surface area contributed by atoms with Gasteiger partial charge in [-0.15, -0.1) is 0 Å². The normalized spacial score (nSPS) is 10.6. The third kappa shape index (κ3) is 10.3. The van der Waals surface area contributed by atoms with Crippen LogP contribution in [-0.2, 0) is 16.0 Å². The third-order valence-electron chi connectivity index (χ3n) is 5.83. The summed E-state index contributed by atoms with van der Waals surface area (Å²) in [5, 5.41) is 8.54. The second-order valence-corrected chi connectivity index (χ2v) is 8.86. The van der Waals surface area contributed by atoms with Crippen molar-refractivity contribution in [1.82, 2.24) is 0 Å². The van der Waals surface area contributed by atoms with E-state index in [0.29, 0.717) is 47.9 Å². The lowest BCUT2D eigenvalue weighted by molar-refractivity contribution is -0.137. The lowest BCUT2D eigenvalue weighted by Crippen LogP contribution is -2.08. The molecule has 3 aromatic rings. The van der Waals surface area contributed by atoms with Crippen molar-refractivity contribution in [2.45, 2.75) is 38.5 Å². The summed E-state index contributed by atoms with van der Waals surface area (Å²) in [5.41, 5.74) is 14.8. The topological polar surface area (TPSA) is 138 Å². The Kier molecular flexibility index (Phi) is 11.4. The van der Waals surface area contributed by atoms with Crippen molar-refractivity contribution >= 4 is 29.4 Å². The van der Waals surface area contributed by atoms with E-state index < -0.39 is 11.9 Å². The van der Waals surface area contributed by atoms with Crippen LogP contribution in [0.1, 0.15) is 53.6 Å². The zero-order chi connectivity index (χ0) is 27.9. The molecule has 8 nitrogen and oxygen atoms in total. The smallest absolute Gasteiger partial charge is 0.343 e. The Bertz CT molecular complexity index is 1300. The van der Waals surface area contributed by atoms with Crippen molar-refractivity contribution < 1.29 is 23.8 Å². The highest BCUT2D eigenvalue weighted by Crippen LogP contribution is 2.18. The van der Waals surface area contributed by atoms with Gasteiger partial charge in [0, 0.05) is 30.3 Å². The molecule has 0 aliphatic heterocycles. The minimum absolute atomic E-state index is 0.198. The molecule has 0 saturated carbocycles. The average molecular weight is 528 g/mol. The van der Waals surface area contributed by atoms with E-state index in [1.165, 1.54) is 6.08 Å². The van der Waals surface area contributed by atoms with Crippen LogP contribution in [-0.4, -0.2) is 25.2 Å². The fourth-order valence-electron chi connectivity index (χ4n) is 3.66. The number of anilines is 2. The van der Waals surface area contributed by atoms with Gasteiger partial charge in [-0.05, 0) is 78.6 Å². The number of nitriles is 1. The molecular formula is C31H33N3O5. The third-order valence-corrected chi connectivity index (χ3v) is 5.83. The zero-order valence-electron chi connectivity index (χ0n) is 21.8. The molecule has 0 saturated heterocycles. The molecule has 0 amide bonds. The molecule has 39 heavy (non-hydrogen) atoms. The van der Waals surface area contributed by atoms with Crippen molar-refractivity contribution in [2.24, 2.45) is 0 Å². The number of ether oxygens (including phenoxy) is 3. The minimum atomic E-state index is -0.479. The first-order valence-corrected chi connectivity index (χ1v) is 12.9. The van der Waals surface area contributed by atoms with E-state index in [2.05, 4.69) is 6.07 Å². The van der Waals surface area contributed by atoms with Crippen LogP contribution in [0, 0.1) is 11.3 Å². The predicted octanol–water partition coefficient (Wildman–Crippen LogP) is 5.72. The van der Waals surface area contributed by atoms with Crippen molar-refractivity contribution in [3.8, 4) is 17.6 Å². The molecule has 0 atom stereocenters. The first-order valence-electron chi connectivity index (χ1n) is 12.9. The summed E-state index contributed by atoms with van der Waals surface area (Å²) in [7, 11) is 0. The Balaban J connectivity index is 1.38. The summed E-state index contributed by atoms with van der Waals surface area (Å²) in [6.45, 7) is 0.789. The van der Waals surface area contributed by atoms with Gasteiger partial charge in [-0.3, -0.25) is 0 Å². The van der Waals surface area contributed by atoms with E-state index in [1.807, 2.05) is 6.07 Å². The molecule has 0 radical (unpaired) electrons. The number of nitrogens with zero attached hydrogens (tertiary/aromatic N) is 1. The number of nitrogen functional groups attached to an aromatic ring is 2. The van der Waals surface area contributed by atoms with Gasteiger partial charge in [-0.25, -0.2) is 9.59 Å². The Morgan fingerprint density at radius 2 is 1.56 bits per heavy atom. The average Bonchev–Trinajstić information content (AvgIpc) is 2.93. The molecular weight excluding hydrogens is 494 g/mol. The molecule has 0 bridgehead atoms. The van der Waals surface area contributed by atoms with Gasteiger partial charge in [0.2, 0.25) is 0 Å². The number of benzene rings is 3. The van der Waals surface area contributed by atoms with Crippen LogP contribution < -0.4 is 20.9 Å². The van der Waals surface area contributed by atoms with Gasteiger partial charge in [0.05, 0.1) is 24.8 Å². The molecule has 202 valence electrons. The SMILES string of the molecule is N#CCCCCCCOc1ccc(C(=O)Oc2ccc(/C=C/C(=O)OCCc3ccc(N)cc3N)cc2)cc1. The molecule has 4 N–H and O–H groups in total. The number of nitrogens with two attached hydrogens (primary N) is 2. The summed E-state index contributed by atoms with van der Waals surface area (Å²) in [6, 6.07) is 21.0. The van der Waals surface area contributed by atoms with E-state index in [9.17, 15) is 9.59 Å². The number of carbonyl (C=O) groups excluding carboxylic acids is 2. The van der Waals surface area contributed by atoms with Gasteiger partial charge >= 0.3 is 11.9 Å². The largest absolute Gasteiger partial charge is 0.494 e. The van der Waals surface area contributed by atoms with Gasteiger partial charge in [-0.2, -0.15) is 5.26 Å². The molecule has 0 fully saturated rings. The van der Waals surface area contributed by atoms with Crippen molar-refractivity contribution in [3.05, 3.63) is 89.5 Å². The van der Waals surface area contributed by atoms with Gasteiger partial charge < -0.3 is 25.7 Å². The summed E-state index contributed by atoms with van der Waals surface area (Å²) < 4.78 is 16.4. The molecule has 3 rings (SSSR count). The zero-order valence-corrected chi connectivity index (χ0v) is 21.8. The fourth-order valence-corrected chi connectivity index (χ4v) is 3.66. The highest BCUT2D eigenvalue weighted by atomic mass is 16.5. The van der Waals surface area contributed by atoms with Crippen LogP contribution in [0.4, 0.5) is 11.4 Å². The number of esters is 2. The van der Waals surface area contributed by atoms with E-state index >= 15 is 0 Å². The van der Waals surface area contributed by atoms with Gasteiger partial charge in [0.15, 0.2) is 0 Å². The number of rotatable bonds is 14. The van der Waals surface area contributed by atoms with E-state index in [-0.39, 0.29) is 6.61 Å². The van der Waals surface area contributed by atoms with Gasteiger partial charge in [-0.1, -0.05) is 31.0 Å². The summed E-state index contributed by atoms with van der Waals surface area (Å²) in [5.74, 6) is 0.125. The molecule has 3 aromatic carbocycles. The number of hydrogen-bond donors (Lipinski definition) is 2. The van der Waals surface area contributed by atoms with Crippen LogP contribution in [0.5, 0.6) is 11.5 Å². The van der Waals surface area contributed by atoms with E-state index in [1.54, 1.807) is 66.7 Å². The number of carbonyl (C=O) groups is 2. The quantitative estimate of drug-likeness (QED) is 0.0892. The molecule has 0 heterocycles. The molecule has 8 heteroatoms. The molecule has 0 aliphatic rings. The summed E-state index contributed by atoms with van der Waals surface area (Å²) >= 11 is 0.